The van der Waals surface area contributed by atoms with Gasteiger partial charge in [0.1, 0.15) is 5.75 Å². The van der Waals surface area contributed by atoms with E-state index in [1.807, 2.05) is 78.9 Å². The number of urea groups is 1. The van der Waals surface area contributed by atoms with Crippen molar-refractivity contribution in [1.82, 2.24) is 5.32 Å². The number of carbonyl (C=O) groups is 2. The molecular weight excluding hydrogens is 378 g/mol. The molecular formula is C24H23N3O3. The van der Waals surface area contributed by atoms with Gasteiger partial charge < -0.3 is 20.3 Å². The number of methoxy groups -OCH3 is 1. The standard InChI is InChI=1S/C24H23N3O3/c1-30-20-11-7-10-19(15-20)27-16-18(14-23(27)28)25-24(29)26-22-13-6-5-12-21(22)17-8-3-2-4-9-17/h2-13,15,18H,14,16H2,1H3,(H2,25,26,29). The van der Waals surface area contributed by atoms with Crippen LogP contribution < -0.4 is 20.3 Å². The molecule has 1 atom stereocenters. The van der Waals surface area contributed by atoms with Crippen molar-refractivity contribution >= 4 is 23.3 Å². The van der Waals surface area contributed by atoms with Crippen LogP contribution in [0.3, 0.4) is 0 Å². The molecule has 1 aliphatic rings. The van der Waals surface area contributed by atoms with E-state index >= 15 is 0 Å². The highest BCUT2D eigenvalue weighted by molar-refractivity contribution is 5.98. The Morgan fingerprint density at radius 2 is 1.77 bits per heavy atom. The first-order valence-electron chi connectivity index (χ1n) is 9.80. The van der Waals surface area contributed by atoms with E-state index in [1.165, 1.54) is 0 Å². The maximum Gasteiger partial charge on any atom is 0.319 e. The Kier molecular flexibility index (Phi) is 5.66. The summed E-state index contributed by atoms with van der Waals surface area (Å²) >= 11 is 0. The number of amides is 3. The van der Waals surface area contributed by atoms with Crippen molar-refractivity contribution < 1.29 is 14.3 Å². The maximum absolute atomic E-state index is 12.6. The molecule has 30 heavy (non-hydrogen) atoms. The molecule has 6 heteroatoms. The van der Waals surface area contributed by atoms with Gasteiger partial charge in [-0.15, -0.1) is 0 Å². The quantitative estimate of drug-likeness (QED) is 0.670. The SMILES string of the molecule is COc1cccc(N2CC(NC(=O)Nc3ccccc3-c3ccccc3)CC2=O)c1. The summed E-state index contributed by atoms with van der Waals surface area (Å²) in [6.07, 6.45) is 0.255. The van der Waals surface area contributed by atoms with Crippen molar-refractivity contribution in [2.24, 2.45) is 0 Å². The Morgan fingerprint density at radius 3 is 2.57 bits per heavy atom. The van der Waals surface area contributed by atoms with Crippen molar-refractivity contribution in [3.63, 3.8) is 0 Å². The van der Waals surface area contributed by atoms with E-state index in [4.69, 9.17) is 4.74 Å². The number of nitrogens with one attached hydrogen (secondary N) is 2. The molecule has 0 aromatic heterocycles. The van der Waals surface area contributed by atoms with Crippen LogP contribution in [0.25, 0.3) is 11.1 Å². The van der Waals surface area contributed by atoms with E-state index in [0.29, 0.717) is 12.3 Å². The van der Waals surface area contributed by atoms with E-state index in [0.717, 1.165) is 22.5 Å². The summed E-state index contributed by atoms with van der Waals surface area (Å²) in [4.78, 5) is 26.8. The number of nitrogens with zero attached hydrogens (tertiary/aromatic N) is 1. The Morgan fingerprint density at radius 1 is 1.00 bits per heavy atom. The molecule has 0 aliphatic carbocycles. The number of rotatable bonds is 5. The first kappa shape index (κ1) is 19.5. The monoisotopic (exact) mass is 401 g/mol. The van der Waals surface area contributed by atoms with Crippen LogP contribution >= 0.6 is 0 Å². The van der Waals surface area contributed by atoms with E-state index < -0.39 is 0 Å². The van der Waals surface area contributed by atoms with Crippen molar-refractivity contribution in [2.75, 3.05) is 23.9 Å². The van der Waals surface area contributed by atoms with Gasteiger partial charge in [0.2, 0.25) is 5.91 Å². The fraction of sp³-hybridized carbons (Fsp3) is 0.167. The lowest BCUT2D eigenvalue weighted by Crippen LogP contribution is -2.39. The van der Waals surface area contributed by atoms with E-state index in [9.17, 15) is 9.59 Å². The highest BCUT2D eigenvalue weighted by Crippen LogP contribution is 2.28. The van der Waals surface area contributed by atoms with Gasteiger partial charge >= 0.3 is 6.03 Å². The van der Waals surface area contributed by atoms with Gasteiger partial charge in [0.15, 0.2) is 0 Å². The fourth-order valence-corrected chi connectivity index (χ4v) is 3.64. The smallest absolute Gasteiger partial charge is 0.319 e. The molecule has 1 unspecified atom stereocenters. The number of hydrogen-bond donors (Lipinski definition) is 2. The lowest BCUT2D eigenvalue weighted by atomic mass is 10.0. The average molecular weight is 401 g/mol. The Bertz CT molecular complexity index is 1050. The van der Waals surface area contributed by atoms with Crippen LogP contribution in [0, 0.1) is 0 Å². The Balaban J connectivity index is 1.43. The molecule has 0 saturated carbocycles. The second-order valence-electron chi connectivity index (χ2n) is 7.12. The minimum Gasteiger partial charge on any atom is -0.497 e. The molecule has 0 radical (unpaired) electrons. The molecule has 1 saturated heterocycles. The first-order chi connectivity index (χ1) is 14.6. The van der Waals surface area contributed by atoms with Crippen LogP contribution in [-0.2, 0) is 4.79 Å². The average Bonchev–Trinajstić information content (AvgIpc) is 3.14. The second kappa shape index (κ2) is 8.69. The summed E-state index contributed by atoms with van der Waals surface area (Å²) in [6, 6.07) is 24.3. The van der Waals surface area contributed by atoms with Gasteiger partial charge in [0.05, 0.1) is 18.8 Å². The van der Waals surface area contributed by atoms with Crippen molar-refractivity contribution in [2.45, 2.75) is 12.5 Å². The lowest BCUT2D eigenvalue weighted by Gasteiger charge is -2.18. The summed E-state index contributed by atoms with van der Waals surface area (Å²) in [5.41, 5.74) is 3.44. The third kappa shape index (κ3) is 4.27. The molecule has 3 aromatic carbocycles. The molecule has 1 aliphatic heterocycles. The Hall–Kier alpha value is -3.80. The molecule has 3 aromatic rings. The number of para-hydroxylation sites is 1. The molecule has 0 spiro atoms. The number of hydrogen-bond acceptors (Lipinski definition) is 3. The zero-order chi connectivity index (χ0) is 20.9. The van der Waals surface area contributed by atoms with Gasteiger partial charge in [-0.05, 0) is 23.8 Å². The molecule has 4 rings (SSSR count). The van der Waals surface area contributed by atoms with Crippen LogP contribution in [0.2, 0.25) is 0 Å². The predicted molar refractivity (Wildman–Crippen MR) is 118 cm³/mol. The third-order valence-corrected chi connectivity index (χ3v) is 5.09. The first-order valence-corrected chi connectivity index (χ1v) is 9.80. The molecule has 1 heterocycles. The maximum atomic E-state index is 12.6. The highest BCUT2D eigenvalue weighted by atomic mass is 16.5. The van der Waals surface area contributed by atoms with Crippen molar-refractivity contribution in [1.29, 1.82) is 0 Å². The number of benzene rings is 3. The topological polar surface area (TPSA) is 70.7 Å². The normalized spacial score (nSPS) is 15.7. The van der Waals surface area contributed by atoms with Gasteiger partial charge in [-0.2, -0.15) is 0 Å². The van der Waals surface area contributed by atoms with E-state index in [-0.39, 0.29) is 24.4 Å². The van der Waals surface area contributed by atoms with Gasteiger partial charge in [0, 0.05) is 30.3 Å². The predicted octanol–water partition coefficient (Wildman–Crippen LogP) is 4.29. The molecule has 6 nitrogen and oxygen atoms in total. The largest absolute Gasteiger partial charge is 0.497 e. The second-order valence-corrected chi connectivity index (χ2v) is 7.12. The molecule has 3 amide bonds. The van der Waals surface area contributed by atoms with Crippen LogP contribution in [0.1, 0.15) is 6.42 Å². The van der Waals surface area contributed by atoms with Crippen molar-refractivity contribution in [3.05, 3.63) is 78.9 Å². The Labute approximate surface area is 175 Å². The van der Waals surface area contributed by atoms with E-state index in [1.54, 1.807) is 12.0 Å². The van der Waals surface area contributed by atoms with Crippen LogP contribution in [0.4, 0.5) is 16.2 Å². The minimum atomic E-state index is -0.330. The summed E-state index contributed by atoms with van der Waals surface area (Å²) in [5.74, 6) is 0.658. The summed E-state index contributed by atoms with van der Waals surface area (Å²) < 4.78 is 5.24. The lowest BCUT2D eigenvalue weighted by molar-refractivity contribution is -0.117. The summed E-state index contributed by atoms with van der Waals surface area (Å²) in [5, 5.41) is 5.84. The number of ether oxygens (including phenoxy) is 1. The van der Waals surface area contributed by atoms with Gasteiger partial charge in [-0.25, -0.2) is 4.79 Å². The fourth-order valence-electron chi connectivity index (χ4n) is 3.64. The number of anilines is 2. The van der Waals surface area contributed by atoms with Gasteiger partial charge in [-0.1, -0.05) is 54.6 Å². The zero-order valence-electron chi connectivity index (χ0n) is 16.7. The van der Waals surface area contributed by atoms with Crippen LogP contribution in [0.5, 0.6) is 5.75 Å². The van der Waals surface area contributed by atoms with E-state index in [2.05, 4.69) is 10.6 Å². The van der Waals surface area contributed by atoms with Crippen molar-refractivity contribution in [3.8, 4) is 16.9 Å². The summed E-state index contributed by atoms with van der Waals surface area (Å²) in [7, 11) is 1.59. The van der Waals surface area contributed by atoms with Gasteiger partial charge in [0.25, 0.3) is 0 Å². The molecule has 0 bridgehead atoms. The summed E-state index contributed by atoms with van der Waals surface area (Å²) in [6.45, 7) is 0.416. The van der Waals surface area contributed by atoms with Crippen LogP contribution in [0.15, 0.2) is 78.9 Å². The molecule has 152 valence electrons. The minimum absolute atomic E-state index is 0.0294. The zero-order valence-corrected chi connectivity index (χ0v) is 16.7. The van der Waals surface area contributed by atoms with Gasteiger partial charge in [-0.3, -0.25) is 4.79 Å². The molecule has 1 fully saturated rings. The highest BCUT2D eigenvalue weighted by Gasteiger charge is 2.31. The number of carbonyl (C=O) groups excluding carboxylic acids is 2. The third-order valence-electron chi connectivity index (χ3n) is 5.09. The molecule has 2 N–H and O–H groups in total. The van der Waals surface area contributed by atoms with Crippen LogP contribution in [-0.4, -0.2) is 31.6 Å².